The zero-order valence-electron chi connectivity index (χ0n) is 21.7. The lowest BCUT2D eigenvalue weighted by Crippen LogP contribution is -2.44. The normalized spacial score (nSPS) is 11.5. The van der Waals surface area contributed by atoms with Crippen LogP contribution in [0.5, 0.6) is 0 Å². The number of aromatic amines is 2. The van der Waals surface area contributed by atoms with E-state index in [2.05, 4.69) is 61.9 Å². The van der Waals surface area contributed by atoms with Gasteiger partial charge in [0.05, 0.1) is 11.4 Å². The van der Waals surface area contributed by atoms with E-state index >= 15 is 0 Å². The standard InChI is InChI=1S/C31H35BN2O2/c1-5-22-20-33-30(26(22)7-3)28(35)19-29(31-27(8-4)23(6-2)21-34-31)36-32(24-15-11-9-12-16-24)25-17-13-10-14-18-25/h9-21,33-34H,5-8H2,1-4H3/b29-19+. The summed E-state index contributed by atoms with van der Waals surface area (Å²) in [6.45, 7) is 8.14. The van der Waals surface area contributed by atoms with E-state index in [4.69, 9.17) is 4.65 Å². The van der Waals surface area contributed by atoms with E-state index in [1.807, 2.05) is 48.8 Å². The van der Waals surface area contributed by atoms with Gasteiger partial charge in [-0.15, -0.1) is 0 Å². The third-order valence-electron chi connectivity index (χ3n) is 6.83. The fourth-order valence-electron chi connectivity index (χ4n) is 4.93. The molecule has 184 valence electrons. The van der Waals surface area contributed by atoms with Gasteiger partial charge in [-0.2, -0.15) is 0 Å². The lowest BCUT2D eigenvalue weighted by molar-refractivity contribution is 0.104. The minimum atomic E-state index is -0.356. The van der Waals surface area contributed by atoms with Crippen LogP contribution in [0.2, 0.25) is 0 Å². The smallest absolute Gasteiger partial charge is 0.426 e. The zero-order valence-corrected chi connectivity index (χ0v) is 21.7. The van der Waals surface area contributed by atoms with Crippen molar-refractivity contribution in [3.63, 3.8) is 0 Å². The fraction of sp³-hybridized carbons (Fsp3) is 0.258. The lowest BCUT2D eigenvalue weighted by Gasteiger charge is -2.20. The molecule has 0 amide bonds. The Morgan fingerprint density at radius 2 is 1.19 bits per heavy atom. The summed E-state index contributed by atoms with van der Waals surface area (Å²) < 4.78 is 6.80. The van der Waals surface area contributed by atoms with Crippen LogP contribution in [0.4, 0.5) is 0 Å². The van der Waals surface area contributed by atoms with Crippen LogP contribution >= 0.6 is 0 Å². The maximum Gasteiger partial charge on any atom is 0.426 e. The quantitative estimate of drug-likeness (QED) is 0.127. The number of hydrogen-bond donors (Lipinski definition) is 2. The van der Waals surface area contributed by atoms with Crippen molar-refractivity contribution >= 4 is 29.4 Å². The summed E-state index contributed by atoms with van der Waals surface area (Å²) in [4.78, 5) is 20.3. The van der Waals surface area contributed by atoms with Gasteiger partial charge >= 0.3 is 6.92 Å². The molecule has 0 saturated carbocycles. The molecule has 4 nitrogen and oxygen atoms in total. The molecule has 5 heteroatoms. The molecule has 2 heterocycles. The lowest BCUT2D eigenvalue weighted by atomic mass is 9.55. The molecular formula is C31H35BN2O2. The molecule has 0 aliphatic heterocycles. The second kappa shape index (κ2) is 11.8. The van der Waals surface area contributed by atoms with Crippen LogP contribution in [0.1, 0.15) is 66.1 Å². The summed E-state index contributed by atoms with van der Waals surface area (Å²) in [6, 6.07) is 20.3. The van der Waals surface area contributed by atoms with Crippen molar-refractivity contribution in [3.8, 4) is 0 Å². The van der Waals surface area contributed by atoms with E-state index in [0.29, 0.717) is 11.5 Å². The molecule has 0 radical (unpaired) electrons. The second-order valence-electron chi connectivity index (χ2n) is 8.94. The van der Waals surface area contributed by atoms with Gasteiger partial charge in [0.25, 0.3) is 0 Å². The molecule has 0 unspecified atom stereocenters. The average molecular weight is 478 g/mol. The van der Waals surface area contributed by atoms with Gasteiger partial charge in [0.15, 0.2) is 0 Å². The van der Waals surface area contributed by atoms with E-state index in [1.165, 1.54) is 16.7 Å². The van der Waals surface area contributed by atoms with Crippen LogP contribution in [0.15, 0.2) is 79.1 Å². The minimum Gasteiger partial charge on any atom is -0.550 e. The number of rotatable bonds is 11. The highest BCUT2D eigenvalue weighted by atomic mass is 16.4. The molecule has 4 aromatic rings. The topological polar surface area (TPSA) is 57.9 Å². The van der Waals surface area contributed by atoms with E-state index in [-0.39, 0.29) is 12.7 Å². The number of H-pyrrole nitrogens is 2. The first-order chi connectivity index (χ1) is 17.6. The highest BCUT2D eigenvalue weighted by Gasteiger charge is 2.27. The van der Waals surface area contributed by atoms with Gasteiger partial charge in [-0.25, -0.2) is 0 Å². The van der Waals surface area contributed by atoms with Gasteiger partial charge in [0, 0.05) is 18.5 Å². The monoisotopic (exact) mass is 478 g/mol. The Hall–Kier alpha value is -3.73. The zero-order chi connectivity index (χ0) is 25.5. The highest BCUT2D eigenvalue weighted by Crippen LogP contribution is 2.26. The molecule has 0 fully saturated rings. The van der Waals surface area contributed by atoms with E-state index in [0.717, 1.165) is 47.9 Å². The Kier molecular flexibility index (Phi) is 8.32. The van der Waals surface area contributed by atoms with Gasteiger partial charge in [0.1, 0.15) is 5.76 Å². The van der Waals surface area contributed by atoms with Crippen molar-refractivity contribution in [1.29, 1.82) is 0 Å². The summed E-state index contributed by atoms with van der Waals surface area (Å²) in [7, 11) is 0. The number of aromatic nitrogens is 2. The number of nitrogens with one attached hydrogen (secondary N) is 2. The van der Waals surface area contributed by atoms with Gasteiger partial charge in [-0.1, -0.05) is 88.4 Å². The van der Waals surface area contributed by atoms with Crippen LogP contribution in [-0.4, -0.2) is 22.7 Å². The molecule has 0 spiro atoms. The Morgan fingerprint density at radius 1 is 0.722 bits per heavy atom. The van der Waals surface area contributed by atoms with E-state index in [1.54, 1.807) is 6.08 Å². The van der Waals surface area contributed by atoms with Gasteiger partial charge < -0.3 is 14.6 Å². The largest absolute Gasteiger partial charge is 0.550 e. The van der Waals surface area contributed by atoms with Crippen molar-refractivity contribution in [1.82, 2.24) is 9.97 Å². The molecule has 4 rings (SSSR count). The summed E-state index contributed by atoms with van der Waals surface area (Å²) in [5.41, 5.74) is 8.28. The summed E-state index contributed by atoms with van der Waals surface area (Å²) in [6.07, 6.45) is 9.11. The summed E-state index contributed by atoms with van der Waals surface area (Å²) >= 11 is 0. The Bertz CT molecular complexity index is 1280. The maximum absolute atomic E-state index is 13.7. The fourth-order valence-corrected chi connectivity index (χ4v) is 4.93. The number of carbonyl (C=O) groups is 1. The third kappa shape index (κ3) is 5.25. The number of ketones is 1. The molecule has 2 N–H and O–H groups in total. The number of carbonyl (C=O) groups excluding carboxylic acids is 1. The Labute approximate surface area is 214 Å². The first-order valence-corrected chi connectivity index (χ1v) is 13.0. The molecule has 36 heavy (non-hydrogen) atoms. The average Bonchev–Trinajstić information content (AvgIpc) is 3.55. The van der Waals surface area contributed by atoms with Gasteiger partial charge in [-0.05, 0) is 58.9 Å². The number of aryl methyl sites for hydroxylation is 2. The molecule has 0 atom stereocenters. The minimum absolute atomic E-state index is 0.0730. The van der Waals surface area contributed by atoms with Crippen LogP contribution in [-0.2, 0) is 30.3 Å². The van der Waals surface area contributed by atoms with Crippen LogP contribution in [0.3, 0.4) is 0 Å². The molecule has 0 aliphatic carbocycles. The number of allylic oxidation sites excluding steroid dienone is 1. The summed E-state index contributed by atoms with van der Waals surface area (Å²) in [5, 5.41) is 0. The van der Waals surface area contributed by atoms with Crippen molar-refractivity contribution < 1.29 is 9.45 Å². The third-order valence-corrected chi connectivity index (χ3v) is 6.83. The molecule has 2 aromatic carbocycles. The predicted molar refractivity (Wildman–Crippen MR) is 150 cm³/mol. The first-order valence-electron chi connectivity index (χ1n) is 13.0. The molecule has 2 aromatic heterocycles. The van der Waals surface area contributed by atoms with Gasteiger partial charge in [0.2, 0.25) is 5.78 Å². The van der Waals surface area contributed by atoms with Crippen LogP contribution < -0.4 is 10.9 Å². The molecule has 0 bridgehead atoms. The summed E-state index contributed by atoms with van der Waals surface area (Å²) in [5.74, 6) is 0.486. The Morgan fingerprint density at radius 3 is 1.67 bits per heavy atom. The molecular weight excluding hydrogens is 443 g/mol. The maximum atomic E-state index is 13.7. The van der Waals surface area contributed by atoms with Gasteiger partial charge in [-0.3, -0.25) is 4.79 Å². The molecule has 0 aliphatic rings. The SMILES string of the molecule is CCc1c[nH]c(C(=O)/C=C(/OB(c2ccccc2)c2ccccc2)c2[nH]cc(CC)c2CC)c1CC. The van der Waals surface area contributed by atoms with Crippen LogP contribution in [0, 0.1) is 0 Å². The van der Waals surface area contributed by atoms with Crippen molar-refractivity contribution in [2.45, 2.75) is 53.4 Å². The first kappa shape index (κ1) is 25.4. The second-order valence-corrected chi connectivity index (χ2v) is 8.94. The number of benzene rings is 2. The predicted octanol–water partition coefficient (Wildman–Crippen LogP) is 5.64. The van der Waals surface area contributed by atoms with E-state index < -0.39 is 0 Å². The highest BCUT2D eigenvalue weighted by molar-refractivity contribution is 6.80. The van der Waals surface area contributed by atoms with Crippen molar-refractivity contribution in [2.24, 2.45) is 0 Å². The molecule has 0 saturated heterocycles. The number of hydrogen-bond acceptors (Lipinski definition) is 2. The Balaban J connectivity index is 1.84. The van der Waals surface area contributed by atoms with Crippen molar-refractivity contribution in [3.05, 3.63) is 113 Å². The van der Waals surface area contributed by atoms with Crippen molar-refractivity contribution in [2.75, 3.05) is 0 Å². The van der Waals surface area contributed by atoms with Crippen LogP contribution in [0.25, 0.3) is 5.76 Å². The van der Waals surface area contributed by atoms with E-state index in [9.17, 15) is 4.79 Å².